The zero-order valence-corrected chi connectivity index (χ0v) is 15.5. The Kier molecular flexibility index (Phi) is 4.64. The van der Waals surface area contributed by atoms with Crippen molar-refractivity contribution < 1.29 is 13.2 Å². The van der Waals surface area contributed by atoms with E-state index in [4.69, 9.17) is 9.72 Å². The Morgan fingerprint density at radius 3 is 2.85 bits per heavy atom. The Morgan fingerprint density at radius 2 is 2.08 bits per heavy atom. The Balaban J connectivity index is 1.52. The molecule has 0 radical (unpaired) electrons. The molecule has 0 saturated carbocycles. The number of aromatic nitrogens is 2. The largest absolute Gasteiger partial charge is 0.497 e. The second kappa shape index (κ2) is 6.94. The van der Waals surface area contributed by atoms with Crippen molar-refractivity contribution in [3.05, 3.63) is 47.5 Å². The lowest BCUT2D eigenvalue weighted by Gasteiger charge is -2.19. The summed E-state index contributed by atoms with van der Waals surface area (Å²) >= 11 is 0. The number of methoxy groups -OCH3 is 1. The van der Waals surface area contributed by atoms with E-state index < -0.39 is 10.0 Å². The predicted octanol–water partition coefficient (Wildman–Crippen LogP) is 1.31. The lowest BCUT2D eigenvalue weighted by atomic mass is 10.1. The molecule has 4 rings (SSSR count). The first-order valence-electron chi connectivity index (χ1n) is 8.77. The van der Waals surface area contributed by atoms with Crippen molar-refractivity contribution in [2.75, 3.05) is 26.7 Å². The molecule has 7 nitrogen and oxygen atoms in total. The number of sulfonamides is 1. The summed E-state index contributed by atoms with van der Waals surface area (Å²) in [5, 5.41) is 3.31. The van der Waals surface area contributed by atoms with Crippen LogP contribution in [0, 0.1) is 0 Å². The third kappa shape index (κ3) is 3.20. The normalized spacial score (nSPS) is 20.7. The molecule has 0 bridgehead atoms. The standard InChI is InChI=1S/C18H22N4O3S/c1-25-15-2-4-16(5-3-15)26(23,24)22-9-7-13(12-22)18-20-11-14-10-19-8-6-17(14)21-18/h2-5,11,13,19H,6-10,12H2,1H3. The zero-order chi connectivity index (χ0) is 18.1. The minimum atomic E-state index is -3.51. The number of nitrogens with zero attached hydrogens (tertiary/aromatic N) is 3. The van der Waals surface area contributed by atoms with Crippen LogP contribution in [0.15, 0.2) is 35.4 Å². The molecule has 2 aromatic rings. The van der Waals surface area contributed by atoms with E-state index in [1.807, 2.05) is 6.20 Å². The zero-order valence-electron chi connectivity index (χ0n) is 14.7. The molecule has 0 spiro atoms. The monoisotopic (exact) mass is 374 g/mol. The highest BCUT2D eigenvalue weighted by atomic mass is 32.2. The van der Waals surface area contributed by atoms with Gasteiger partial charge in [0.2, 0.25) is 10.0 Å². The molecule has 8 heteroatoms. The molecule has 1 unspecified atom stereocenters. The van der Waals surface area contributed by atoms with Crippen molar-refractivity contribution in [2.24, 2.45) is 0 Å². The van der Waals surface area contributed by atoms with Crippen LogP contribution in [0.3, 0.4) is 0 Å². The second-order valence-corrected chi connectivity index (χ2v) is 8.59. The van der Waals surface area contributed by atoms with Crippen molar-refractivity contribution in [1.29, 1.82) is 0 Å². The molecule has 1 N–H and O–H groups in total. The van der Waals surface area contributed by atoms with Crippen LogP contribution in [0.25, 0.3) is 0 Å². The van der Waals surface area contributed by atoms with Gasteiger partial charge < -0.3 is 10.1 Å². The minimum absolute atomic E-state index is 0.0446. The number of rotatable bonds is 4. The highest BCUT2D eigenvalue weighted by Gasteiger charge is 2.34. The molecule has 0 aliphatic carbocycles. The predicted molar refractivity (Wildman–Crippen MR) is 96.6 cm³/mol. The van der Waals surface area contributed by atoms with Crippen molar-refractivity contribution in [1.82, 2.24) is 19.6 Å². The summed E-state index contributed by atoms with van der Waals surface area (Å²) in [7, 11) is -1.95. The van der Waals surface area contributed by atoms with E-state index in [0.29, 0.717) is 18.8 Å². The quantitative estimate of drug-likeness (QED) is 0.869. The van der Waals surface area contributed by atoms with Gasteiger partial charge in [0.05, 0.1) is 12.0 Å². The van der Waals surface area contributed by atoms with Crippen LogP contribution in [0.1, 0.15) is 29.4 Å². The van der Waals surface area contributed by atoms with E-state index in [9.17, 15) is 8.42 Å². The smallest absolute Gasteiger partial charge is 0.243 e. The lowest BCUT2D eigenvalue weighted by Crippen LogP contribution is -2.29. The summed E-state index contributed by atoms with van der Waals surface area (Å²) in [6, 6.07) is 6.51. The molecule has 1 aromatic heterocycles. The van der Waals surface area contributed by atoms with Gasteiger partial charge in [-0.25, -0.2) is 18.4 Å². The van der Waals surface area contributed by atoms with Crippen LogP contribution in [0.2, 0.25) is 0 Å². The summed E-state index contributed by atoms with van der Waals surface area (Å²) in [6.45, 7) is 2.64. The molecule has 3 heterocycles. The summed E-state index contributed by atoms with van der Waals surface area (Å²) < 4.78 is 32.4. The number of benzene rings is 1. The summed E-state index contributed by atoms with van der Waals surface area (Å²) in [6.07, 6.45) is 3.52. The fourth-order valence-corrected chi connectivity index (χ4v) is 5.00. The van der Waals surface area contributed by atoms with E-state index in [-0.39, 0.29) is 10.8 Å². The van der Waals surface area contributed by atoms with Crippen LogP contribution in [-0.4, -0.2) is 49.4 Å². The molecule has 2 aliphatic rings. The van der Waals surface area contributed by atoms with Gasteiger partial charge in [-0.2, -0.15) is 4.31 Å². The molecule has 1 aromatic carbocycles. The highest BCUT2D eigenvalue weighted by molar-refractivity contribution is 7.89. The van der Waals surface area contributed by atoms with E-state index in [0.717, 1.165) is 43.0 Å². The maximum atomic E-state index is 12.9. The number of nitrogens with one attached hydrogen (secondary N) is 1. The molecule has 1 saturated heterocycles. The van der Waals surface area contributed by atoms with Gasteiger partial charge >= 0.3 is 0 Å². The van der Waals surface area contributed by atoms with Gasteiger partial charge in [-0.1, -0.05) is 0 Å². The van der Waals surface area contributed by atoms with Crippen LogP contribution in [-0.2, 0) is 23.0 Å². The van der Waals surface area contributed by atoms with Crippen LogP contribution < -0.4 is 10.1 Å². The average Bonchev–Trinajstić information content (AvgIpc) is 3.19. The SMILES string of the molecule is COc1ccc(S(=O)(=O)N2CCC(c3ncc4c(n3)CCNC4)C2)cc1. The molecular weight excluding hydrogens is 352 g/mol. The third-order valence-electron chi connectivity index (χ3n) is 5.04. The van der Waals surface area contributed by atoms with Gasteiger partial charge in [0, 0.05) is 56.0 Å². The number of hydrogen-bond donors (Lipinski definition) is 1. The van der Waals surface area contributed by atoms with Crippen LogP contribution in [0.4, 0.5) is 0 Å². The number of fused-ring (bicyclic) bond motifs is 1. The van der Waals surface area contributed by atoms with Crippen molar-refractivity contribution in [3.63, 3.8) is 0 Å². The Bertz CT molecular complexity index is 899. The van der Waals surface area contributed by atoms with Gasteiger partial charge in [-0.3, -0.25) is 0 Å². The average molecular weight is 374 g/mol. The van der Waals surface area contributed by atoms with E-state index in [1.54, 1.807) is 31.4 Å². The molecule has 138 valence electrons. The van der Waals surface area contributed by atoms with Gasteiger partial charge in [0.15, 0.2) is 0 Å². The minimum Gasteiger partial charge on any atom is -0.497 e. The third-order valence-corrected chi connectivity index (χ3v) is 6.92. The number of hydrogen-bond acceptors (Lipinski definition) is 6. The highest BCUT2D eigenvalue weighted by Crippen LogP contribution is 2.30. The maximum Gasteiger partial charge on any atom is 0.243 e. The van der Waals surface area contributed by atoms with Gasteiger partial charge in [0.25, 0.3) is 0 Å². The van der Waals surface area contributed by atoms with Gasteiger partial charge in [0.1, 0.15) is 11.6 Å². The summed E-state index contributed by atoms with van der Waals surface area (Å²) in [5.74, 6) is 1.45. The van der Waals surface area contributed by atoms with E-state index in [2.05, 4.69) is 10.3 Å². The van der Waals surface area contributed by atoms with Gasteiger partial charge in [-0.15, -0.1) is 0 Å². The molecule has 26 heavy (non-hydrogen) atoms. The van der Waals surface area contributed by atoms with Gasteiger partial charge in [-0.05, 0) is 30.7 Å². The first-order valence-corrected chi connectivity index (χ1v) is 10.2. The molecular formula is C18H22N4O3S. The fourth-order valence-electron chi connectivity index (χ4n) is 3.50. The second-order valence-electron chi connectivity index (χ2n) is 6.65. The lowest BCUT2D eigenvalue weighted by molar-refractivity contribution is 0.414. The van der Waals surface area contributed by atoms with Crippen LogP contribution in [0.5, 0.6) is 5.75 Å². The summed E-state index contributed by atoms with van der Waals surface area (Å²) in [4.78, 5) is 9.50. The van der Waals surface area contributed by atoms with Crippen molar-refractivity contribution in [2.45, 2.75) is 30.2 Å². The topological polar surface area (TPSA) is 84.4 Å². The first kappa shape index (κ1) is 17.4. The van der Waals surface area contributed by atoms with Crippen molar-refractivity contribution >= 4 is 10.0 Å². The van der Waals surface area contributed by atoms with E-state index >= 15 is 0 Å². The molecule has 1 fully saturated rings. The van der Waals surface area contributed by atoms with Crippen molar-refractivity contribution in [3.8, 4) is 5.75 Å². The molecule has 2 aliphatic heterocycles. The maximum absolute atomic E-state index is 12.9. The van der Waals surface area contributed by atoms with Crippen LogP contribution >= 0.6 is 0 Å². The summed E-state index contributed by atoms with van der Waals surface area (Å²) in [5.41, 5.74) is 2.23. The first-order chi connectivity index (χ1) is 12.6. The fraction of sp³-hybridized carbons (Fsp3) is 0.444. The Morgan fingerprint density at radius 1 is 1.27 bits per heavy atom. The Hall–Kier alpha value is -2.03. The molecule has 0 amide bonds. The number of ether oxygens (including phenoxy) is 1. The Labute approximate surface area is 153 Å². The van der Waals surface area contributed by atoms with E-state index in [1.165, 1.54) is 4.31 Å². The molecule has 1 atom stereocenters.